The number of aliphatic hydroxyl groups is 2. The first kappa shape index (κ1) is 13.9. The molecule has 4 heteroatoms. The van der Waals surface area contributed by atoms with Crippen molar-refractivity contribution >= 4 is 0 Å². The summed E-state index contributed by atoms with van der Waals surface area (Å²) in [5, 5.41) is 22.5. The van der Waals surface area contributed by atoms with Crippen LogP contribution in [0.3, 0.4) is 0 Å². The molecule has 0 aliphatic heterocycles. The molecule has 96 valence electrons. The number of hydrogen-bond donors (Lipinski definition) is 3. The number of nitrogens with one attached hydrogen (secondary N) is 1. The highest BCUT2D eigenvalue weighted by Crippen LogP contribution is 2.30. The number of hydrogen-bond acceptors (Lipinski definition) is 4. The Kier molecular flexibility index (Phi) is 4.73. The molecule has 1 unspecified atom stereocenters. The van der Waals surface area contributed by atoms with Gasteiger partial charge in [-0.3, -0.25) is 0 Å². The molecule has 0 aromatic rings. The maximum absolute atomic E-state index is 9.81. The van der Waals surface area contributed by atoms with E-state index in [1.807, 2.05) is 20.8 Å². The Morgan fingerprint density at radius 3 is 2.44 bits per heavy atom. The quantitative estimate of drug-likeness (QED) is 0.628. The van der Waals surface area contributed by atoms with Crippen molar-refractivity contribution in [2.24, 2.45) is 0 Å². The summed E-state index contributed by atoms with van der Waals surface area (Å²) in [5.41, 5.74) is -0.738. The van der Waals surface area contributed by atoms with Crippen LogP contribution >= 0.6 is 0 Å². The highest BCUT2D eigenvalue weighted by atomic mass is 16.5. The van der Waals surface area contributed by atoms with E-state index in [2.05, 4.69) is 5.32 Å². The van der Waals surface area contributed by atoms with Gasteiger partial charge in [0.1, 0.15) is 0 Å². The molecule has 0 amide bonds. The Morgan fingerprint density at radius 1 is 1.38 bits per heavy atom. The summed E-state index contributed by atoms with van der Waals surface area (Å²) in [6.45, 7) is 7.26. The standard InChI is InChI=1S/C12H25NO3/c1-11(2,3)16-8-10(14)7-13-9-12(15)5-4-6-12/h10,13-15H,4-9H2,1-3H3. The average molecular weight is 231 g/mol. The van der Waals surface area contributed by atoms with E-state index in [1.54, 1.807) is 0 Å². The normalized spacial score (nSPS) is 21.6. The first-order chi connectivity index (χ1) is 7.31. The van der Waals surface area contributed by atoms with E-state index in [1.165, 1.54) is 0 Å². The van der Waals surface area contributed by atoms with Crippen LogP contribution in [0.25, 0.3) is 0 Å². The van der Waals surface area contributed by atoms with E-state index in [-0.39, 0.29) is 5.60 Å². The second-order valence-corrected chi connectivity index (χ2v) is 5.79. The summed E-state index contributed by atoms with van der Waals surface area (Å²) in [6, 6.07) is 0. The van der Waals surface area contributed by atoms with Crippen LogP contribution in [0, 0.1) is 0 Å². The lowest BCUT2D eigenvalue weighted by atomic mass is 9.80. The summed E-state index contributed by atoms with van der Waals surface area (Å²) in [7, 11) is 0. The second kappa shape index (κ2) is 5.45. The molecule has 1 atom stereocenters. The van der Waals surface area contributed by atoms with Gasteiger partial charge in [0.25, 0.3) is 0 Å². The van der Waals surface area contributed by atoms with E-state index >= 15 is 0 Å². The van der Waals surface area contributed by atoms with Crippen LogP contribution in [-0.2, 0) is 4.74 Å². The molecule has 0 bridgehead atoms. The molecule has 1 saturated carbocycles. The fraction of sp³-hybridized carbons (Fsp3) is 1.00. The molecule has 3 N–H and O–H groups in total. The third kappa shape index (κ3) is 5.25. The average Bonchev–Trinajstić information content (AvgIpc) is 2.11. The van der Waals surface area contributed by atoms with Gasteiger partial charge in [0.15, 0.2) is 0 Å². The summed E-state index contributed by atoms with van der Waals surface area (Å²) in [4.78, 5) is 0. The first-order valence-electron chi connectivity index (χ1n) is 6.06. The molecular weight excluding hydrogens is 206 g/mol. The van der Waals surface area contributed by atoms with Gasteiger partial charge < -0.3 is 20.3 Å². The summed E-state index contributed by atoms with van der Waals surface area (Å²) in [6.07, 6.45) is 2.33. The summed E-state index contributed by atoms with van der Waals surface area (Å²) in [5.74, 6) is 0. The Bertz CT molecular complexity index is 209. The molecule has 1 aliphatic carbocycles. The van der Waals surface area contributed by atoms with Gasteiger partial charge in [-0.2, -0.15) is 0 Å². The molecule has 0 aromatic carbocycles. The Balaban J connectivity index is 2.04. The van der Waals surface area contributed by atoms with Crippen LogP contribution in [0.1, 0.15) is 40.0 Å². The third-order valence-electron chi connectivity index (χ3n) is 2.83. The molecule has 0 radical (unpaired) electrons. The predicted octanol–water partition coefficient (Wildman–Crippen LogP) is 0.667. The minimum Gasteiger partial charge on any atom is -0.389 e. The van der Waals surface area contributed by atoms with Crippen LogP contribution in [0.5, 0.6) is 0 Å². The molecular formula is C12H25NO3. The molecule has 1 aliphatic rings. The summed E-state index contributed by atoms with van der Waals surface area (Å²) < 4.78 is 5.46. The van der Waals surface area contributed by atoms with Gasteiger partial charge in [0, 0.05) is 13.1 Å². The van der Waals surface area contributed by atoms with E-state index in [4.69, 9.17) is 4.74 Å². The summed E-state index contributed by atoms with van der Waals surface area (Å²) >= 11 is 0. The zero-order valence-corrected chi connectivity index (χ0v) is 10.6. The predicted molar refractivity (Wildman–Crippen MR) is 63.4 cm³/mol. The molecule has 0 saturated heterocycles. The lowest BCUT2D eigenvalue weighted by molar-refractivity contribution is -0.0545. The van der Waals surface area contributed by atoms with Gasteiger partial charge in [0.05, 0.1) is 23.9 Å². The molecule has 0 heterocycles. The molecule has 0 spiro atoms. The van der Waals surface area contributed by atoms with Gasteiger partial charge in [-0.25, -0.2) is 0 Å². The van der Waals surface area contributed by atoms with Crippen molar-refractivity contribution in [2.75, 3.05) is 19.7 Å². The Morgan fingerprint density at radius 2 is 2.00 bits per heavy atom. The molecule has 4 nitrogen and oxygen atoms in total. The van der Waals surface area contributed by atoms with Gasteiger partial charge in [-0.15, -0.1) is 0 Å². The highest BCUT2D eigenvalue weighted by Gasteiger charge is 2.33. The zero-order valence-electron chi connectivity index (χ0n) is 10.6. The number of ether oxygens (including phenoxy) is 1. The van der Waals surface area contributed by atoms with Crippen molar-refractivity contribution in [3.05, 3.63) is 0 Å². The maximum Gasteiger partial charge on any atom is 0.0897 e. The van der Waals surface area contributed by atoms with Crippen molar-refractivity contribution in [3.63, 3.8) is 0 Å². The van der Waals surface area contributed by atoms with Gasteiger partial charge in [0.2, 0.25) is 0 Å². The van der Waals surface area contributed by atoms with Crippen molar-refractivity contribution in [1.82, 2.24) is 5.32 Å². The van der Waals surface area contributed by atoms with Crippen molar-refractivity contribution in [2.45, 2.75) is 57.3 Å². The number of rotatable bonds is 6. The SMILES string of the molecule is CC(C)(C)OCC(O)CNCC1(O)CCC1. The first-order valence-corrected chi connectivity index (χ1v) is 6.06. The van der Waals surface area contributed by atoms with Crippen LogP contribution in [-0.4, -0.2) is 47.2 Å². The van der Waals surface area contributed by atoms with Crippen molar-refractivity contribution < 1.29 is 14.9 Å². The smallest absolute Gasteiger partial charge is 0.0897 e. The van der Waals surface area contributed by atoms with Crippen LogP contribution < -0.4 is 5.32 Å². The minimum absolute atomic E-state index is 0.215. The monoisotopic (exact) mass is 231 g/mol. The van der Waals surface area contributed by atoms with E-state index in [0.29, 0.717) is 19.7 Å². The zero-order chi connectivity index (χ0) is 12.2. The molecule has 1 rings (SSSR count). The van der Waals surface area contributed by atoms with E-state index in [0.717, 1.165) is 19.3 Å². The number of aliphatic hydroxyl groups excluding tert-OH is 1. The topological polar surface area (TPSA) is 61.7 Å². The van der Waals surface area contributed by atoms with Crippen LogP contribution in [0.2, 0.25) is 0 Å². The van der Waals surface area contributed by atoms with Gasteiger partial charge in [-0.1, -0.05) is 0 Å². The fourth-order valence-corrected chi connectivity index (χ4v) is 1.64. The maximum atomic E-state index is 9.81. The fourth-order valence-electron chi connectivity index (χ4n) is 1.64. The molecule has 0 aromatic heterocycles. The lowest BCUT2D eigenvalue weighted by Gasteiger charge is -2.37. The van der Waals surface area contributed by atoms with E-state index in [9.17, 15) is 10.2 Å². The van der Waals surface area contributed by atoms with Crippen LogP contribution in [0.15, 0.2) is 0 Å². The largest absolute Gasteiger partial charge is 0.389 e. The Hall–Kier alpha value is -0.160. The minimum atomic E-state index is -0.523. The van der Waals surface area contributed by atoms with Gasteiger partial charge >= 0.3 is 0 Å². The highest BCUT2D eigenvalue weighted by molar-refractivity contribution is 4.89. The van der Waals surface area contributed by atoms with E-state index < -0.39 is 11.7 Å². The molecule has 16 heavy (non-hydrogen) atoms. The Labute approximate surface area is 98.0 Å². The van der Waals surface area contributed by atoms with Crippen molar-refractivity contribution in [1.29, 1.82) is 0 Å². The van der Waals surface area contributed by atoms with Gasteiger partial charge in [-0.05, 0) is 40.0 Å². The second-order valence-electron chi connectivity index (χ2n) is 5.79. The van der Waals surface area contributed by atoms with Crippen LogP contribution in [0.4, 0.5) is 0 Å². The van der Waals surface area contributed by atoms with Crippen molar-refractivity contribution in [3.8, 4) is 0 Å². The molecule has 1 fully saturated rings. The lowest BCUT2D eigenvalue weighted by Crippen LogP contribution is -2.48. The third-order valence-corrected chi connectivity index (χ3v) is 2.83.